The Morgan fingerprint density at radius 3 is 2.25 bits per heavy atom. The second-order valence-electron chi connectivity index (χ2n) is 6.59. The van der Waals surface area contributed by atoms with Crippen molar-refractivity contribution in [1.82, 2.24) is 9.80 Å². The van der Waals surface area contributed by atoms with Crippen molar-refractivity contribution in [3.63, 3.8) is 0 Å². The third kappa shape index (κ3) is 4.12. The van der Waals surface area contributed by atoms with E-state index in [1.807, 2.05) is 9.80 Å². The van der Waals surface area contributed by atoms with E-state index in [2.05, 4.69) is 13.8 Å². The lowest BCUT2D eigenvalue weighted by Gasteiger charge is -2.36. The van der Waals surface area contributed by atoms with Gasteiger partial charge in [-0.1, -0.05) is 13.8 Å². The van der Waals surface area contributed by atoms with Crippen molar-refractivity contribution >= 4 is 12.0 Å². The minimum absolute atomic E-state index is 0.162. The molecule has 2 rings (SSSR count). The van der Waals surface area contributed by atoms with Crippen LogP contribution in [0.4, 0.5) is 4.79 Å². The van der Waals surface area contributed by atoms with Crippen molar-refractivity contribution in [3.05, 3.63) is 0 Å². The molecule has 0 aromatic rings. The Bertz CT molecular complexity index is 358. The number of carbonyl (C=O) groups is 2. The highest BCUT2D eigenvalue weighted by molar-refractivity contribution is 5.75. The van der Waals surface area contributed by atoms with Crippen LogP contribution in [0.25, 0.3) is 0 Å². The van der Waals surface area contributed by atoms with Crippen LogP contribution >= 0.6 is 0 Å². The van der Waals surface area contributed by atoms with Crippen LogP contribution in [-0.4, -0.2) is 52.6 Å². The Kier molecular flexibility index (Phi) is 4.89. The van der Waals surface area contributed by atoms with Gasteiger partial charge in [0.05, 0.1) is 0 Å². The molecule has 0 bridgehead atoms. The fraction of sp³-hybridized carbons (Fsp3) is 0.867. The fourth-order valence-electron chi connectivity index (χ4n) is 2.92. The molecule has 1 N–H and O–H groups in total. The van der Waals surface area contributed by atoms with Crippen molar-refractivity contribution in [2.75, 3.05) is 19.6 Å². The molecule has 0 aromatic carbocycles. The summed E-state index contributed by atoms with van der Waals surface area (Å²) in [4.78, 5) is 27.2. The number of piperidine rings is 1. The third-order valence-corrected chi connectivity index (χ3v) is 4.14. The zero-order chi connectivity index (χ0) is 14.7. The first kappa shape index (κ1) is 15.1. The van der Waals surface area contributed by atoms with E-state index in [0.717, 1.165) is 32.2 Å². The Morgan fingerprint density at radius 2 is 1.80 bits per heavy atom. The maximum absolute atomic E-state index is 12.6. The Hall–Kier alpha value is -1.26. The van der Waals surface area contributed by atoms with Gasteiger partial charge in [-0.3, -0.25) is 4.79 Å². The average Bonchev–Trinajstić information content (AvgIpc) is 3.19. The largest absolute Gasteiger partial charge is 0.481 e. The van der Waals surface area contributed by atoms with Crippen LogP contribution in [0.5, 0.6) is 0 Å². The summed E-state index contributed by atoms with van der Waals surface area (Å²) >= 11 is 0. The number of aliphatic carboxylic acids is 1. The third-order valence-electron chi connectivity index (χ3n) is 4.14. The molecule has 114 valence electrons. The van der Waals surface area contributed by atoms with E-state index in [1.165, 1.54) is 0 Å². The van der Waals surface area contributed by atoms with Gasteiger partial charge in [0.2, 0.25) is 0 Å². The van der Waals surface area contributed by atoms with Gasteiger partial charge < -0.3 is 14.9 Å². The summed E-state index contributed by atoms with van der Waals surface area (Å²) in [7, 11) is 0. The molecular formula is C15H26N2O3. The van der Waals surface area contributed by atoms with Crippen molar-refractivity contribution in [2.45, 2.75) is 52.0 Å². The standard InChI is InChI=1S/C15H26N2O3/c1-11(2)10-17(13-3-4-13)15(20)16-7-5-12(6-8-16)9-14(18)19/h11-13H,3-10H2,1-2H3,(H,18,19). The van der Waals surface area contributed by atoms with Gasteiger partial charge in [0.25, 0.3) is 0 Å². The zero-order valence-corrected chi connectivity index (χ0v) is 12.5. The fourth-order valence-corrected chi connectivity index (χ4v) is 2.92. The Morgan fingerprint density at radius 1 is 1.20 bits per heavy atom. The van der Waals surface area contributed by atoms with Crippen molar-refractivity contribution < 1.29 is 14.7 Å². The summed E-state index contributed by atoms with van der Waals surface area (Å²) in [6.07, 6.45) is 4.14. The minimum atomic E-state index is -0.728. The lowest BCUT2D eigenvalue weighted by Crippen LogP contribution is -2.48. The first-order chi connectivity index (χ1) is 9.47. The van der Waals surface area contributed by atoms with E-state index in [4.69, 9.17) is 5.11 Å². The monoisotopic (exact) mass is 282 g/mol. The van der Waals surface area contributed by atoms with Crippen LogP contribution in [0.3, 0.4) is 0 Å². The zero-order valence-electron chi connectivity index (χ0n) is 12.5. The number of urea groups is 1. The van der Waals surface area contributed by atoms with Crippen LogP contribution in [-0.2, 0) is 4.79 Å². The molecule has 1 heterocycles. The lowest BCUT2D eigenvalue weighted by molar-refractivity contribution is -0.138. The van der Waals surface area contributed by atoms with E-state index in [0.29, 0.717) is 25.0 Å². The molecule has 5 nitrogen and oxygen atoms in total. The molecule has 1 saturated heterocycles. The minimum Gasteiger partial charge on any atom is -0.481 e. The summed E-state index contributed by atoms with van der Waals surface area (Å²) in [5.41, 5.74) is 0. The second-order valence-corrected chi connectivity index (χ2v) is 6.59. The van der Waals surface area contributed by atoms with Gasteiger partial charge in [0.15, 0.2) is 0 Å². The molecule has 2 fully saturated rings. The number of rotatable bonds is 5. The van der Waals surface area contributed by atoms with Crippen LogP contribution in [0, 0.1) is 11.8 Å². The lowest BCUT2D eigenvalue weighted by atomic mass is 9.94. The van der Waals surface area contributed by atoms with Crippen molar-refractivity contribution in [3.8, 4) is 0 Å². The summed E-state index contributed by atoms with van der Waals surface area (Å²) in [6.45, 7) is 6.53. The second kappa shape index (κ2) is 6.46. The average molecular weight is 282 g/mol. The highest BCUT2D eigenvalue weighted by Crippen LogP contribution is 2.30. The molecule has 0 radical (unpaired) electrons. The Balaban J connectivity index is 1.85. The summed E-state index contributed by atoms with van der Waals surface area (Å²) < 4.78 is 0. The van der Waals surface area contributed by atoms with Gasteiger partial charge >= 0.3 is 12.0 Å². The molecule has 1 saturated carbocycles. The molecular weight excluding hydrogens is 256 g/mol. The number of carboxylic acids is 1. The summed E-state index contributed by atoms with van der Waals surface area (Å²) in [5, 5.41) is 8.82. The molecule has 2 amide bonds. The van der Waals surface area contributed by atoms with Gasteiger partial charge in [-0.2, -0.15) is 0 Å². The SMILES string of the molecule is CC(C)CN(C(=O)N1CCC(CC(=O)O)CC1)C1CC1. The maximum atomic E-state index is 12.6. The number of likely N-dealkylation sites (tertiary alicyclic amines) is 1. The van der Waals surface area contributed by atoms with Crippen LogP contribution in [0.1, 0.15) is 46.0 Å². The molecule has 1 aliphatic carbocycles. The van der Waals surface area contributed by atoms with Gasteiger partial charge in [0, 0.05) is 32.1 Å². The molecule has 0 unspecified atom stereocenters. The Labute approximate surface area is 120 Å². The van der Waals surface area contributed by atoms with Crippen molar-refractivity contribution in [2.24, 2.45) is 11.8 Å². The molecule has 0 aromatic heterocycles. The van der Waals surface area contributed by atoms with E-state index in [-0.39, 0.29) is 18.4 Å². The maximum Gasteiger partial charge on any atom is 0.320 e. The van der Waals surface area contributed by atoms with E-state index in [9.17, 15) is 9.59 Å². The van der Waals surface area contributed by atoms with Gasteiger partial charge in [0.1, 0.15) is 0 Å². The highest BCUT2D eigenvalue weighted by atomic mass is 16.4. The van der Waals surface area contributed by atoms with Crippen LogP contribution in [0.2, 0.25) is 0 Å². The first-order valence-corrected chi connectivity index (χ1v) is 7.74. The first-order valence-electron chi connectivity index (χ1n) is 7.74. The summed E-state index contributed by atoms with van der Waals surface area (Å²) in [5.74, 6) is -0.00526. The molecule has 20 heavy (non-hydrogen) atoms. The molecule has 5 heteroatoms. The summed E-state index contributed by atoms with van der Waals surface area (Å²) in [6, 6.07) is 0.608. The predicted octanol–water partition coefficient (Wildman–Crippen LogP) is 2.41. The van der Waals surface area contributed by atoms with E-state index in [1.54, 1.807) is 0 Å². The van der Waals surface area contributed by atoms with Crippen LogP contribution in [0.15, 0.2) is 0 Å². The number of carbonyl (C=O) groups excluding carboxylic acids is 1. The predicted molar refractivity (Wildman–Crippen MR) is 76.5 cm³/mol. The van der Waals surface area contributed by atoms with Gasteiger partial charge in [-0.15, -0.1) is 0 Å². The topological polar surface area (TPSA) is 60.9 Å². The number of carboxylic acid groups (broad SMARTS) is 1. The van der Waals surface area contributed by atoms with Crippen molar-refractivity contribution in [1.29, 1.82) is 0 Å². The normalized spacial score (nSPS) is 20.2. The molecule has 2 aliphatic rings. The quantitative estimate of drug-likeness (QED) is 0.842. The smallest absolute Gasteiger partial charge is 0.320 e. The number of nitrogens with zero attached hydrogens (tertiary/aromatic N) is 2. The molecule has 0 spiro atoms. The van der Waals surface area contributed by atoms with Crippen LogP contribution < -0.4 is 0 Å². The molecule has 1 aliphatic heterocycles. The van der Waals surface area contributed by atoms with Gasteiger partial charge in [-0.25, -0.2) is 4.79 Å². The van der Waals surface area contributed by atoms with E-state index < -0.39 is 5.97 Å². The number of amides is 2. The van der Waals surface area contributed by atoms with E-state index >= 15 is 0 Å². The van der Waals surface area contributed by atoms with Gasteiger partial charge in [-0.05, 0) is 37.5 Å². The molecule has 0 atom stereocenters. The highest BCUT2D eigenvalue weighted by Gasteiger charge is 2.36. The number of hydrogen-bond acceptors (Lipinski definition) is 2. The number of hydrogen-bond donors (Lipinski definition) is 1.